The van der Waals surface area contributed by atoms with E-state index in [0.29, 0.717) is 17.4 Å². The highest BCUT2D eigenvalue weighted by Crippen LogP contribution is 2.14. The maximum Gasteiger partial charge on any atom is 0.261 e. The molecule has 0 unspecified atom stereocenters. The monoisotopic (exact) mass is 394 g/mol. The van der Waals surface area contributed by atoms with Gasteiger partial charge in [0.05, 0.1) is 23.8 Å². The maximum atomic E-state index is 12.5. The third kappa shape index (κ3) is 4.41. The topological polar surface area (TPSA) is 84.3 Å². The predicted molar refractivity (Wildman–Crippen MR) is 94.6 cm³/mol. The fraction of sp³-hybridized carbons (Fsp3) is 0.375. The molecule has 0 spiro atoms. The molecule has 0 saturated carbocycles. The molecule has 128 valence electrons. The molecule has 1 aromatic heterocycles. The lowest BCUT2D eigenvalue weighted by atomic mass is 10.2. The Kier molecular flexibility index (Phi) is 6.08. The first-order valence-corrected chi connectivity index (χ1v) is 8.37. The molecule has 0 saturated heterocycles. The summed E-state index contributed by atoms with van der Waals surface area (Å²) in [5, 5.41) is 3.14. The molecule has 0 aliphatic rings. The van der Waals surface area contributed by atoms with Crippen LogP contribution in [0.2, 0.25) is 0 Å². The van der Waals surface area contributed by atoms with Crippen LogP contribution in [0.1, 0.15) is 13.3 Å². The summed E-state index contributed by atoms with van der Waals surface area (Å²) in [6, 6.07) is 5.21. The second-order valence-corrected chi connectivity index (χ2v) is 6.35. The molecule has 0 bridgehead atoms. The normalized spacial score (nSPS) is 10.6. The van der Waals surface area contributed by atoms with Crippen molar-refractivity contribution in [1.29, 1.82) is 0 Å². The van der Waals surface area contributed by atoms with Crippen LogP contribution in [0.5, 0.6) is 0 Å². The van der Waals surface area contributed by atoms with Crippen molar-refractivity contribution in [1.82, 2.24) is 19.8 Å². The Balaban J connectivity index is 2.11. The van der Waals surface area contributed by atoms with Crippen LogP contribution in [0.4, 0.5) is 0 Å². The van der Waals surface area contributed by atoms with Crippen molar-refractivity contribution in [3.63, 3.8) is 0 Å². The standard InChI is InChI=1S/C16H19BrN4O3/c1-3-6-18-14(22)8-20(2)15(23)9-21-10-19-13-5-4-11(17)7-12(13)16(21)24/h4-5,7,10H,3,6,8-9H2,1-2H3,(H,18,22). The van der Waals surface area contributed by atoms with Gasteiger partial charge in [0.1, 0.15) is 6.54 Å². The molecule has 2 amide bonds. The van der Waals surface area contributed by atoms with Crippen molar-refractivity contribution >= 4 is 38.6 Å². The zero-order valence-electron chi connectivity index (χ0n) is 13.6. The van der Waals surface area contributed by atoms with Crippen LogP contribution in [0.3, 0.4) is 0 Å². The Morgan fingerprint density at radius 1 is 1.38 bits per heavy atom. The van der Waals surface area contributed by atoms with Crippen molar-refractivity contribution in [3.8, 4) is 0 Å². The number of rotatable bonds is 6. The lowest BCUT2D eigenvalue weighted by Crippen LogP contribution is -2.41. The molecule has 1 N–H and O–H groups in total. The second kappa shape index (κ2) is 8.05. The summed E-state index contributed by atoms with van der Waals surface area (Å²) in [6.45, 7) is 2.32. The van der Waals surface area contributed by atoms with Gasteiger partial charge in [-0.15, -0.1) is 0 Å². The third-order valence-corrected chi connectivity index (χ3v) is 3.96. The average Bonchev–Trinajstić information content (AvgIpc) is 2.55. The number of aromatic nitrogens is 2. The van der Waals surface area contributed by atoms with Gasteiger partial charge in [0.25, 0.3) is 5.56 Å². The number of carbonyl (C=O) groups excluding carboxylic acids is 2. The summed E-state index contributed by atoms with van der Waals surface area (Å²) in [7, 11) is 1.53. The molecule has 2 aromatic rings. The van der Waals surface area contributed by atoms with Crippen molar-refractivity contribution in [2.75, 3.05) is 20.1 Å². The Hall–Kier alpha value is -2.22. The minimum Gasteiger partial charge on any atom is -0.355 e. The van der Waals surface area contributed by atoms with Crippen molar-refractivity contribution in [2.45, 2.75) is 19.9 Å². The van der Waals surface area contributed by atoms with E-state index in [1.807, 2.05) is 6.92 Å². The number of hydrogen-bond acceptors (Lipinski definition) is 4. The minimum atomic E-state index is -0.333. The number of carbonyl (C=O) groups is 2. The summed E-state index contributed by atoms with van der Waals surface area (Å²) < 4.78 is 2.01. The van der Waals surface area contributed by atoms with Crippen LogP contribution < -0.4 is 10.9 Å². The lowest BCUT2D eigenvalue weighted by Gasteiger charge is -2.17. The van der Waals surface area contributed by atoms with E-state index in [2.05, 4.69) is 26.2 Å². The van der Waals surface area contributed by atoms with Gasteiger partial charge in [-0.2, -0.15) is 0 Å². The largest absolute Gasteiger partial charge is 0.355 e. The van der Waals surface area contributed by atoms with E-state index in [-0.39, 0.29) is 30.5 Å². The summed E-state index contributed by atoms with van der Waals surface area (Å²) >= 11 is 3.32. The van der Waals surface area contributed by atoms with Gasteiger partial charge >= 0.3 is 0 Å². The first kappa shape index (κ1) is 18.1. The van der Waals surface area contributed by atoms with Gasteiger partial charge in [-0.1, -0.05) is 22.9 Å². The lowest BCUT2D eigenvalue weighted by molar-refractivity contribution is -0.135. The van der Waals surface area contributed by atoms with Gasteiger partial charge in [0.2, 0.25) is 11.8 Å². The SMILES string of the molecule is CCCNC(=O)CN(C)C(=O)Cn1cnc2ccc(Br)cc2c1=O. The van der Waals surface area contributed by atoms with Crippen molar-refractivity contribution in [2.24, 2.45) is 0 Å². The molecular formula is C16H19BrN4O3. The summed E-state index contributed by atoms with van der Waals surface area (Å²) in [5.74, 6) is -0.555. The van der Waals surface area contributed by atoms with Crippen LogP contribution >= 0.6 is 15.9 Å². The van der Waals surface area contributed by atoms with Gasteiger partial charge in [-0.3, -0.25) is 19.0 Å². The first-order valence-electron chi connectivity index (χ1n) is 7.57. The van der Waals surface area contributed by atoms with E-state index in [1.165, 1.54) is 22.8 Å². The molecule has 0 fully saturated rings. The fourth-order valence-corrected chi connectivity index (χ4v) is 2.50. The number of nitrogens with zero attached hydrogens (tertiary/aromatic N) is 3. The molecule has 0 aliphatic heterocycles. The number of halogens is 1. The maximum absolute atomic E-state index is 12.5. The molecule has 8 heteroatoms. The number of likely N-dealkylation sites (N-methyl/N-ethyl adjacent to an activating group) is 1. The van der Waals surface area contributed by atoms with Crippen LogP contribution in [0.15, 0.2) is 33.8 Å². The van der Waals surface area contributed by atoms with Gasteiger partial charge in [-0.05, 0) is 24.6 Å². The van der Waals surface area contributed by atoms with Crippen molar-refractivity contribution < 1.29 is 9.59 Å². The van der Waals surface area contributed by atoms with Gasteiger partial charge in [0.15, 0.2) is 0 Å². The zero-order chi connectivity index (χ0) is 17.7. The van der Waals surface area contributed by atoms with Crippen LogP contribution in [-0.4, -0.2) is 46.4 Å². The van der Waals surface area contributed by atoms with Gasteiger partial charge in [0, 0.05) is 18.1 Å². The third-order valence-electron chi connectivity index (χ3n) is 3.47. The van der Waals surface area contributed by atoms with Crippen LogP contribution in [-0.2, 0) is 16.1 Å². The number of amides is 2. The Labute approximate surface area is 147 Å². The van der Waals surface area contributed by atoms with Gasteiger partial charge in [-0.25, -0.2) is 4.98 Å². The molecule has 7 nitrogen and oxygen atoms in total. The van der Waals surface area contributed by atoms with E-state index in [1.54, 1.807) is 18.2 Å². The minimum absolute atomic E-state index is 0.0415. The predicted octanol–water partition coefficient (Wildman–Crippen LogP) is 1.14. The molecular weight excluding hydrogens is 376 g/mol. The summed E-state index contributed by atoms with van der Waals surface area (Å²) in [4.78, 5) is 41.8. The second-order valence-electron chi connectivity index (χ2n) is 5.44. The number of hydrogen-bond donors (Lipinski definition) is 1. The Bertz CT molecular complexity index is 819. The van der Waals surface area contributed by atoms with E-state index < -0.39 is 0 Å². The van der Waals surface area contributed by atoms with Gasteiger partial charge < -0.3 is 10.2 Å². The molecule has 1 aromatic carbocycles. The average molecular weight is 395 g/mol. The van der Waals surface area contributed by atoms with E-state index in [0.717, 1.165) is 10.9 Å². The Morgan fingerprint density at radius 3 is 2.83 bits per heavy atom. The van der Waals surface area contributed by atoms with Crippen LogP contribution in [0, 0.1) is 0 Å². The van der Waals surface area contributed by atoms with Crippen molar-refractivity contribution in [3.05, 3.63) is 39.4 Å². The van der Waals surface area contributed by atoms with E-state index in [4.69, 9.17) is 0 Å². The highest BCUT2D eigenvalue weighted by Gasteiger charge is 2.15. The molecule has 0 atom stereocenters. The quantitative estimate of drug-likeness (QED) is 0.795. The molecule has 24 heavy (non-hydrogen) atoms. The number of fused-ring (bicyclic) bond motifs is 1. The summed E-state index contributed by atoms with van der Waals surface area (Å²) in [5.41, 5.74) is 0.276. The smallest absolute Gasteiger partial charge is 0.261 e. The Morgan fingerprint density at radius 2 is 2.12 bits per heavy atom. The highest BCUT2D eigenvalue weighted by molar-refractivity contribution is 9.10. The van der Waals surface area contributed by atoms with E-state index >= 15 is 0 Å². The molecule has 0 aliphatic carbocycles. The van der Waals surface area contributed by atoms with E-state index in [9.17, 15) is 14.4 Å². The molecule has 1 heterocycles. The number of nitrogens with one attached hydrogen (secondary N) is 1. The highest BCUT2D eigenvalue weighted by atomic mass is 79.9. The molecule has 2 rings (SSSR count). The molecule has 0 radical (unpaired) electrons. The first-order chi connectivity index (χ1) is 11.4. The fourth-order valence-electron chi connectivity index (χ4n) is 2.13. The van der Waals surface area contributed by atoms with Crippen LogP contribution in [0.25, 0.3) is 10.9 Å². The zero-order valence-corrected chi connectivity index (χ0v) is 15.2. The summed E-state index contributed by atoms with van der Waals surface area (Å²) in [6.07, 6.45) is 2.18. The number of benzene rings is 1.